The number of likely N-dealkylation sites (N-methyl/N-ethyl adjacent to an activating group) is 1. The van der Waals surface area contributed by atoms with Gasteiger partial charge in [0.05, 0.1) is 5.54 Å². The Kier molecular flexibility index (Phi) is 8.24. The molecule has 0 aromatic heterocycles. The number of hydrogen-bond acceptors (Lipinski definition) is 5. The molecule has 6 heteroatoms. The van der Waals surface area contributed by atoms with Crippen molar-refractivity contribution in [3.8, 4) is 0 Å². The van der Waals surface area contributed by atoms with Crippen molar-refractivity contribution in [1.82, 2.24) is 15.1 Å². The summed E-state index contributed by atoms with van der Waals surface area (Å²) >= 11 is 0. The van der Waals surface area contributed by atoms with Crippen molar-refractivity contribution in [2.24, 2.45) is 0 Å². The van der Waals surface area contributed by atoms with Crippen LogP contribution in [0.25, 0.3) is 0 Å². The lowest BCUT2D eigenvalue weighted by Crippen LogP contribution is -2.52. The number of nitrogens with zero attached hydrogens (tertiary/aromatic N) is 3. The number of piperidine rings is 1. The Bertz CT molecular complexity index is 990. The second-order valence-corrected chi connectivity index (χ2v) is 10.1. The summed E-state index contributed by atoms with van der Waals surface area (Å²) in [6.45, 7) is 7.73. The van der Waals surface area contributed by atoms with Crippen molar-refractivity contribution in [1.29, 1.82) is 0 Å². The summed E-state index contributed by atoms with van der Waals surface area (Å²) in [6.07, 6.45) is 4.69. The van der Waals surface area contributed by atoms with Crippen LogP contribution in [-0.2, 0) is 6.42 Å². The molecule has 0 saturated carbocycles. The molecule has 0 spiro atoms. The predicted molar refractivity (Wildman–Crippen MR) is 142 cm³/mol. The van der Waals surface area contributed by atoms with Crippen LogP contribution in [0.5, 0.6) is 0 Å². The van der Waals surface area contributed by atoms with E-state index in [0.29, 0.717) is 12.8 Å². The highest BCUT2D eigenvalue weighted by atomic mass is 16.2. The van der Waals surface area contributed by atoms with Gasteiger partial charge in [-0.2, -0.15) is 0 Å². The van der Waals surface area contributed by atoms with E-state index < -0.39 is 5.54 Å². The van der Waals surface area contributed by atoms with Gasteiger partial charge in [0.25, 0.3) is 5.91 Å². The standard InChI is InChI=1S/C29H40N4O2/c1-4-29(31(2)3,27(34)24-12-14-26(15-13-24)32-20-16-30-17-21-32)22-23-8-10-25(11-9-23)28(35)33-18-6-5-7-19-33/h8-15,30H,4-7,16-22H2,1-3H3. The molecule has 1 N–H and O–H groups in total. The molecule has 2 aromatic carbocycles. The van der Waals surface area contributed by atoms with Crippen molar-refractivity contribution in [2.75, 3.05) is 58.3 Å². The van der Waals surface area contributed by atoms with Gasteiger partial charge >= 0.3 is 0 Å². The maximum Gasteiger partial charge on any atom is 0.253 e. The molecule has 35 heavy (non-hydrogen) atoms. The Labute approximate surface area is 210 Å². The third kappa shape index (κ3) is 5.60. The molecule has 2 heterocycles. The van der Waals surface area contributed by atoms with E-state index in [2.05, 4.69) is 34.2 Å². The van der Waals surface area contributed by atoms with Crippen LogP contribution in [0.4, 0.5) is 5.69 Å². The van der Waals surface area contributed by atoms with E-state index in [0.717, 1.165) is 68.8 Å². The van der Waals surface area contributed by atoms with E-state index in [-0.39, 0.29) is 11.7 Å². The smallest absolute Gasteiger partial charge is 0.253 e. The number of carbonyl (C=O) groups is 2. The minimum Gasteiger partial charge on any atom is -0.369 e. The summed E-state index contributed by atoms with van der Waals surface area (Å²) in [4.78, 5) is 33.1. The highest BCUT2D eigenvalue weighted by Crippen LogP contribution is 2.29. The van der Waals surface area contributed by atoms with Crippen molar-refractivity contribution in [3.05, 3.63) is 65.2 Å². The number of benzene rings is 2. The number of amides is 1. The lowest BCUT2D eigenvalue weighted by molar-refractivity contribution is 0.0665. The van der Waals surface area contributed by atoms with E-state index in [1.165, 1.54) is 12.1 Å². The molecule has 2 aliphatic rings. The third-order valence-corrected chi connectivity index (χ3v) is 7.82. The average Bonchev–Trinajstić information content (AvgIpc) is 2.92. The van der Waals surface area contributed by atoms with Crippen molar-refractivity contribution in [3.63, 3.8) is 0 Å². The monoisotopic (exact) mass is 476 g/mol. The lowest BCUT2D eigenvalue weighted by Gasteiger charge is -2.38. The van der Waals surface area contributed by atoms with Crippen LogP contribution in [0.3, 0.4) is 0 Å². The number of piperazine rings is 1. The highest BCUT2D eigenvalue weighted by Gasteiger charge is 2.39. The van der Waals surface area contributed by atoms with Gasteiger partial charge in [0, 0.05) is 56.1 Å². The van der Waals surface area contributed by atoms with Crippen molar-refractivity contribution in [2.45, 2.75) is 44.6 Å². The molecule has 1 amide bonds. The predicted octanol–water partition coefficient (Wildman–Crippen LogP) is 3.86. The van der Waals surface area contributed by atoms with Crippen LogP contribution < -0.4 is 10.2 Å². The minimum atomic E-state index is -0.644. The van der Waals surface area contributed by atoms with Crippen LogP contribution in [0.2, 0.25) is 0 Å². The number of nitrogens with one attached hydrogen (secondary N) is 1. The Balaban J connectivity index is 1.50. The second-order valence-electron chi connectivity index (χ2n) is 10.1. The number of rotatable bonds is 8. The number of Topliss-reactive ketones (excluding diaryl/α,β-unsaturated/α-hetero) is 1. The molecule has 4 rings (SSSR count). The first-order valence-corrected chi connectivity index (χ1v) is 13.1. The molecule has 0 bridgehead atoms. The normalized spacial score (nSPS) is 18.4. The van der Waals surface area contributed by atoms with Gasteiger partial charge in [0.15, 0.2) is 5.78 Å². The summed E-state index contributed by atoms with van der Waals surface area (Å²) in [5.41, 5.74) is 3.08. The zero-order valence-electron chi connectivity index (χ0n) is 21.6. The number of ketones is 1. The molecule has 0 radical (unpaired) electrons. The van der Waals surface area contributed by atoms with Crippen LogP contribution in [0.1, 0.15) is 58.9 Å². The average molecular weight is 477 g/mol. The quantitative estimate of drug-likeness (QED) is 0.587. The third-order valence-electron chi connectivity index (χ3n) is 7.82. The highest BCUT2D eigenvalue weighted by molar-refractivity contribution is 6.03. The van der Waals surface area contributed by atoms with Crippen molar-refractivity contribution >= 4 is 17.4 Å². The molecule has 1 unspecified atom stereocenters. The molecule has 0 aliphatic carbocycles. The van der Waals surface area contributed by atoms with Gasteiger partial charge in [0.1, 0.15) is 0 Å². The summed E-state index contributed by atoms with van der Waals surface area (Å²) in [6, 6.07) is 16.0. The Hall–Kier alpha value is -2.70. The van der Waals surface area contributed by atoms with E-state index in [1.54, 1.807) is 0 Å². The fourth-order valence-corrected chi connectivity index (χ4v) is 5.44. The Morgan fingerprint density at radius 3 is 2.03 bits per heavy atom. The van der Waals surface area contributed by atoms with Gasteiger partial charge in [-0.3, -0.25) is 14.5 Å². The van der Waals surface area contributed by atoms with Crippen LogP contribution in [0.15, 0.2) is 48.5 Å². The first-order valence-electron chi connectivity index (χ1n) is 13.1. The molecule has 2 saturated heterocycles. The second kappa shape index (κ2) is 11.4. The molecule has 2 aliphatic heterocycles. The van der Waals surface area contributed by atoms with Gasteiger partial charge in [-0.05, 0) is 88.2 Å². The zero-order chi connectivity index (χ0) is 24.8. The lowest BCUT2D eigenvalue weighted by atomic mass is 9.80. The van der Waals surface area contributed by atoms with Gasteiger partial charge in [-0.15, -0.1) is 0 Å². The molecule has 1 atom stereocenters. The van der Waals surface area contributed by atoms with Crippen LogP contribution >= 0.6 is 0 Å². The molecule has 6 nitrogen and oxygen atoms in total. The molecular weight excluding hydrogens is 436 g/mol. The van der Waals surface area contributed by atoms with E-state index >= 15 is 0 Å². The molecular formula is C29H40N4O2. The summed E-state index contributed by atoms with van der Waals surface area (Å²) in [7, 11) is 3.98. The fraction of sp³-hybridized carbons (Fsp3) is 0.517. The SMILES string of the molecule is CCC(Cc1ccc(C(=O)N2CCCCC2)cc1)(C(=O)c1ccc(N2CCNCC2)cc1)N(C)C. The zero-order valence-corrected chi connectivity index (χ0v) is 21.6. The first-order chi connectivity index (χ1) is 16.9. The molecule has 2 aromatic rings. The van der Waals surface area contributed by atoms with Crippen LogP contribution in [-0.4, -0.2) is 80.4 Å². The van der Waals surface area contributed by atoms with Gasteiger partial charge in [-0.1, -0.05) is 19.1 Å². The Morgan fingerprint density at radius 2 is 1.46 bits per heavy atom. The van der Waals surface area contributed by atoms with Crippen LogP contribution in [0, 0.1) is 0 Å². The number of anilines is 1. The van der Waals surface area contributed by atoms with E-state index in [4.69, 9.17) is 0 Å². The van der Waals surface area contributed by atoms with E-state index in [9.17, 15) is 9.59 Å². The molecule has 2 fully saturated rings. The summed E-state index contributed by atoms with van der Waals surface area (Å²) in [5, 5.41) is 3.38. The Morgan fingerprint density at radius 1 is 0.857 bits per heavy atom. The van der Waals surface area contributed by atoms with E-state index in [1.807, 2.05) is 55.4 Å². The fourth-order valence-electron chi connectivity index (χ4n) is 5.44. The number of hydrogen-bond donors (Lipinski definition) is 1. The van der Waals surface area contributed by atoms with Crippen molar-refractivity contribution < 1.29 is 9.59 Å². The largest absolute Gasteiger partial charge is 0.369 e. The maximum atomic E-state index is 13.9. The summed E-state index contributed by atoms with van der Waals surface area (Å²) in [5.74, 6) is 0.261. The minimum absolute atomic E-state index is 0.117. The van der Waals surface area contributed by atoms with Gasteiger partial charge in [-0.25, -0.2) is 0 Å². The van der Waals surface area contributed by atoms with Gasteiger partial charge in [0.2, 0.25) is 0 Å². The number of likely N-dealkylation sites (tertiary alicyclic amines) is 1. The number of carbonyl (C=O) groups excluding carboxylic acids is 2. The topological polar surface area (TPSA) is 55.9 Å². The first kappa shape index (κ1) is 25.4. The van der Waals surface area contributed by atoms with Gasteiger partial charge < -0.3 is 15.1 Å². The molecule has 188 valence electrons. The summed E-state index contributed by atoms with van der Waals surface area (Å²) < 4.78 is 0. The maximum absolute atomic E-state index is 13.9.